The first-order valence-electron chi connectivity index (χ1n) is 11.7. The van der Waals surface area contributed by atoms with Gasteiger partial charge in [-0.2, -0.15) is 0 Å². The molecule has 2 N–H and O–H groups in total. The Kier molecular flexibility index (Phi) is 5.42. The summed E-state index contributed by atoms with van der Waals surface area (Å²) in [6.45, 7) is 4.38. The van der Waals surface area contributed by atoms with Gasteiger partial charge in [-0.3, -0.25) is 19.5 Å². The lowest BCUT2D eigenvalue weighted by Gasteiger charge is -2.56. The second-order valence-electron chi connectivity index (χ2n) is 10.0. The van der Waals surface area contributed by atoms with Crippen molar-refractivity contribution in [2.75, 3.05) is 6.54 Å². The Bertz CT molecular complexity index is 965. The summed E-state index contributed by atoms with van der Waals surface area (Å²) in [4.78, 5) is 35.0. The Labute approximate surface area is 183 Å². The summed E-state index contributed by atoms with van der Waals surface area (Å²) in [6.07, 6.45) is 10.8. The summed E-state index contributed by atoms with van der Waals surface area (Å²) in [5.74, 6) is 2.06. The quantitative estimate of drug-likeness (QED) is 0.719. The van der Waals surface area contributed by atoms with Crippen LogP contribution < -0.4 is 10.9 Å². The lowest BCUT2D eigenvalue weighted by atomic mass is 9.53. The fraction of sp³-hybridized carbons (Fsp3) is 0.560. The van der Waals surface area contributed by atoms with Crippen LogP contribution in [0.1, 0.15) is 67.1 Å². The zero-order valence-electron chi connectivity index (χ0n) is 18.3. The van der Waals surface area contributed by atoms with E-state index in [2.05, 4.69) is 27.1 Å². The zero-order valence-corrected chi connectivity index (χ0v) is 18.3. The molecule has 0 saturated heterocycles. The number of carbonyl (C=O) groups excluding carboxylic acids is 1. The van der Waals surface area contributed by atoms with Crippen molar-refractivity contribution < 1.29 is 4.79 Å². The predicted molar refractivity (Wildman–Crippen MR) is 119 cm³/mol. The van der Waals surface area contributed by atoms with E-state index in [1.807, 2.05) is 18.2 Å². The normalized spacial score (nSPS) is 28.8. The summed E-state index contributed by atoms with van der Waals surface area (Å²) < 4.78 is 0. The monoisotopic (exact) mass is 420 g/mol. The van der Waals surface area contributed by atoms with Gasteiger partial charge in [-0.1, -0.05) is 6.92 Å². The van der Waals surface area contributed by atoms with Gasteiger partial charge in [-0.25, -0.2) is 0 Å². The van der Waals surface area contributed by atoms with Crippen LogP contribution in [0.5, 0.6) is 0 Å². The van der Waals surface area contributed by atoms with E-state index >= 15 is 0 Å². The summed E-state index contributed by atoms with van der Waals surface area (Å²) >= 11 is 0. The predicted octanol–water partition coefficient (Wildman–Crippen LogP) is 3.49. The molecule has 4 aliphatic rings. The van der Waals surface area contributed by atoms with E-state index in [9.17, 15) is 9.59 Å². The third-order valence-electron chi connectivity index (χ3n) is 7.63. The minimum absolute atomic E-state index is 0.0828. The highest BCUT2D eigenvalue weighted by Gasteiger charge is 2.51. The van der Waals surface area contributed by atoms with E-state index in [0.29, 0.717) is 6.54 Å². The first-order chi connectivity index (χ1) is 15.0. The van der Waals surface area contributed by atoms with Gasteiger partial charge in [0.2, 0.25) is 0 Å². The van der Waals surface area contributed by atoms with Gasteiger partial charge in [0, 0.05) is 36.7 Å². The van der Waals surface area contributed by atoms with Crippen molar-refractivity contribution in [1.29, 1.82) is 0 Å². The number of hydrogen-bond acceptors (Lipinski definition) is 4. The summed E-state index contributed by atoms with van der Waals surface area (Å²) in [5, 5.41) is 3.31. The van der Waals surface area contributed by atoms with Crippen molar-refractivity contribution >= 4 is 5.91 Å². The van der Waals surface area contributed by atoms with Crippen LogP contribution in [-0.4, -0.2) is 32.9 Å². The third kappa shape index (κ3) is 4.31. The Morgan fingerprint density at radius 2 is 1.71 bits per heavy atom. The van der Waals surface area contributed by atoms with Crippen molar-refractivity contribution in [3.63, 3.8) is 0 Å². The molecule has 0 aliphatic heterocycles. The molecule has 4 aliphatic carbocycles. The van der Waals surface area contributed by atoms with Crippen LogP contribution in [0.4, 0.5) is 0 Å². The van der Waals surface area contributed by atoms with Crippen LogP contribution >= 0.6 is 0 Å². The lowest BCUT2D eigenvalue weighted by molar-refractivity contribution is -0.0167. The number of H-pyrrole nitrogens is 1. The molecule has 4 saturated carbocycles. The molecular formula is C25H32N4O2. The number of pyridine rings is 2. The Balaban J connectivity index is 1.26. The minimum atomic E-state index is -0.292. The summed E-state index contributed by atoms with van der Waals surface area (Å²) in [7, 11) is 0. The molecule has 6 nitrogen and oxygen atoms in total. The first kappa shape index (κ1) is 20.4. The fourth-order valence-electron chi connectivity index (χ4n) is 6.62. The van der Waals surface area contributed by atoms with Crippen LogP contribution in [0.3, 0.4) is 0 Å². The van der Waals surface area contributed by atoms with Crippen LogP contribution in [0.15, 0.2) is 41.5 Å². The standard InChI is InChI=1S/C25H32N4O2/c1-2-29(15-17-5-7-26-8-6-17)16-21-3-4-22(23(30)27-21)24(31)28-25-12-18-9-19(13-25)11-20(10-18)14-25/h3-8,18-20H,2,9-16H2,1H3,(H,27,30)(H,28,31). The van der Waals surface area contributed by atoms with Crippen molar-refractivity contribution in [1.82, 2.24) is 20.2 Å². The molecule has 1 amide bonds. The molecule has 2 aromatic heterocycles. The second kappa shape index (κ2) is 8.23. The highest BCUT2D eigenvalue weighted by molar-refractivity contribution is 5.94. The van der Waals surface area contributed by atoms with E-state index in [1.54, 1.807) is 18.5 Å². The zero-order chi connectivity index (χ0) is 21.4. The van der Waals surface area contributed by atoms with Gasteiger partial charge >= 0.3 is 0 Å². The SMILES string of the molecule is CCN(Cc1ccncc1)Cc1ccc(C(=O)NC23CC4CC(CC(C4)C2)C3)c(=O)[nH]1. The number of rotatable bonds is 7. The van der Waals surface area contributed by atoms with Gasteiger partial charge in [0.25, 0.3) is 11.5 Å². The number of hydrogen-bond donors (Lipinski definition) is 2. The molecule has 2 aromatic rings. The Hall–Kier alpha value is -2.47. The van der Waals surface area contributed by atoms with Gasteiger partial charge in [0.15, 0.2) is 0 Å². The smallest absolute Gasteiger partial charge is 0.261 e. The maximum absolute atomic E-state index is 13.0. The summed E-state index contributed by atoms with van der Waals surface area (Å²) in [5.41, 5.74) is 1.87. The van der Waals surface area contributed by atoms with Gasteiger partial charge in [-0.05, 0) is 92.7 Å². The van der Waals surface area contributed by atoms with Crippen molar-refractivity contribution in [3.8, 4) is 0 Å². The van der Waals surface area contributed by atoms with E-state index in [-0.39, 0.29) is 22.6 Å². The summed E-state index contributed by atoms with van der Waals surface area (Å²) in [6, 6.07) is 7.59. The molecule has 0 radical (unpaired) electrons. The maximum Gasteiger partial charge on any atom is 0.261 e. The molecule has 31 heavy (non-hydrogen) atoms. The van der Waals surface area contributed by atoms with E-state index in [1.165, 1.54) is 24.8 Å². The highest BCUT2D eigenvalue weighted by Crippen LogP contribution is 2.55. The maximum atomic E-state index is 13.0. The number of nitrogens with zero attached hydrogens (tertiary/aromatic N) is 2. The molecule has 0 aromatic carbocycles. The van der Waals surface area contributed by atoms with Crippen molar-refractivity contribution in [2.45, 2.75) is 64.1 Å². The van der Waals surface area contributed by atoms with Gasteiger partial charge in [0.05, 0.1) is 0 Å². The van der Waals surface area contributed by atoms with Crippen LogP contribution in [0, 0.1) is 17.8 Å². The number of aromatic amines is 1. The van der Waals surface area contributed by atoms with Gasteiger partial charge in [-0.15, -0.1) is 0 Å². The molecular weight excluding hydrogens is 388 g/mol. The molecule has 4 bridgehead atoms. The van der Waals surface area contributed by atoms with Gasteiger partial charge in [0.1, 0.15) is 5.56 Å². The molecule has 6 rings (SSSR count). The largest absolute Gasteiger partial charge is 0.346 e. The molecule has 0 spiro atoms. The minimum Gasteiger partial charge on any atom is -0.346 e. The Morgan fingerprint density at radius 3 is 2.29 bits per heavy atom. The van der Waals surface area contributed by atoms with Gasteiger partial charge < -0.3 is 10.3 Å². The Morgan fingerprint density at radius 1 is 1.06 bits per heavy atom. The average molecular weight is 421 g/mol. The molecule has 4 fully saturated rings. The van der Waals surface area contributed by atoms with Crippen molar-refractivity contribution in [3.05, 3.63) is 63.8 Å². The van der Waals surface area contributed by atoms with E-state index < -0.39 is 0 Å². The van der Waals surface area contributed by atoms with Crippen LogP contribution in [0.2, 0.25) is 0 Å². The third-order valence-corrected chi connectivity index (χ3v) is 7.63. The topological polar surface area (TPSA) is 78.1 Å². The molecule has 2 heterocycles. The van der Waals surface area contributed by atoms with Crippen LogP contribution in [-0.2, 0) is 13.1 Å². The number of carbonyl (C=O) groups is 1. The second-order valence-corrected chi connectivity index (χ2v) is 10.0. The molecule has 0 unspecified atom stereocenters. The highest BCUT2D eigenvalue weighted by atomic mass is 16.2. The number of amides is 1. The average Bonchev–Trinajstić information content (AvgIpc) is 2.72. The number of aromatic nitrogens is 2. The lowest BCUT2D eigenvalue weighted by Crippen LogP contribution is -2.60. The number of nitrogens with one attached hydrogen (secondary N) is 2. The fourth-order valence-corrected chi connectivity index (χ4v) is 6.62. The molecule has 6 heteroatoms. The molecule has 164 valence electrons. The molecule has 0 atom stereocenters. The van der Waals surface area contributed by atoms with E-state index in [4.69, 9.17) is 0 Å². The van der Waals surface area contributed by atoms with Crippen LogP contribution in [0.25, 0.3) is 0 Å². The first-order valence-corrected chi connectivity index (χ1v) is 11.7. The van der Waals surface area contributed by atoms with Crippen molar-refractivity contribution in [2.24, 2.45) is 17.8 Å². The van der Waals surface area contributed by atoms with E-state index in [0.717, 1.165) is 55.8 Å².